The molecule has 158 valence electrons. The van der Waals surface area contributed by atoms with Gasteiger partial charge in [-0.25, -0.2) is 4.98 Å². The first-order valence-electron chi connectivity index (χ1n) is 11.1. The van der Waals surface area contributed by atoms with Gasteiger partial charge in [0.1, 0.15) is 11.6 Å². The molecule has 4 rings (SSSR count). The van der Waals surface area contributed by atoms with Crippen LogP contribution in [0, 0.1) is 6.92 Å². The second kappa shape index (κ2) is 9.33. The molecular weight excluding hydrogens is 374 g/mol. The molecule has 1 aliphatic heterocycles. The molecule has 0 aliphatic carbocycles. The Morgan fingerprint density at radius 1 is 1.07 bits per heavy atom. The van der Waals surface area contributed by atoms with Gasteiger partial charge in [0.25, 0.3) is 0 Å². The molecule has 1 aliphatic rings. The number of carbonyl (C=O) groups is 1. The summed E-state index contributed by atoms with van der Waals surface area (Å²) >= 11 is 0. The number of imidazole rings is 1. The van der Waals surface area contributed by atoms with Gasteiger partial charge in [-0.1, -0.05) is 43.7 Å². The number of hydrogen-bond donors (Lipinski definition) is 0. The van der Waals surface area contributed by atoms with Crippen LogP contribution >= 0.6 is 0 Å². The molecule has 0 N–H and O–H groups in total. The lowest BCUT2D eigenvalue weighted by Crippen LogP contribution is -2.26. The van der Waals surface area contributed by atoms with Gasteiger partial charge in [0.2, 0.25) is 5.91 Å². The highest BCUT2D eigenvalue weighted by Crippen LogP contribution is 2.31. The smallest absolute Gasteiger partial charge is 0.223 e. The van der Waals surface area contributed by atoms with Crippen molar-refractivity contribution in [3.8, 4) is 5.75 Å². The van der Waals surface area contributed by atoms with Crippen LogP contribution < -0.4 is 4.74 Å². The van der Waals surface area contributed by atoms with E-state index in [1.54, 1.807) is 0 Å². The predicted octanol–water partition coefficient (Wildman–Crippen LogP) is 4.93. The first-order chi connectivity index (χ1) is 14.7. The Morgan fingerprint density at radius 2 is 1.87 bits per heavy atom. The van der Waals surface area contributed by atoms with E-state index in [9.17, 15) is 4.79 Å². The van der Waals surface area contributed by atoms with Crippen LogP contribution in [-0.2, 0) is 11.3 Å². The van der Waals surface area contributed by atoms with Crippen LogP contribution in [0.2, 0.25) is 0 Å². The SMILES string of the molecule is CCCCN1CC(c2nc3ccccc3n2CCCOc2ccccc2C)CC1=O. The van der Waals surface area contributed by atoms with E-state index in [1.165, 1.54) is 0 Å². The van der Waals surface area contributed by atoms with Crippen molar-refractivity contribution in [2.75, 3.05) is 19.7 Å². The predicted molar refractivity (Wildman–Crippen MR) is 120 cm³/mol. The highest BCUT2D eigenvalue weighted by Gasteiger charge is 2.33. The molecule has 1 unspecified atom stereocenters. The van der Waals surface area contributed by atoms with E-state index in [0.717, 1.165) is 67.1 Å². The molecule has 0 bridgehead atoms. The van der Waals surface area contributed by atoms with Gasteiger partial charge in [-0.05, 0) is 43.5 Å². The van der Waals surface area contributed by atoms with E-state index in [0.29, 0.717) is 13.0 Å². The maximum Gasteiger partial charge on any atom is 0.223 e. The Hall–Kier alpha value is -2.82. The second-order valence-corrected chi connectivity index (χ2v) is 8.17. The van der Waals surface area contributed by atoms with Crippen molar-refractivity contribution < 1.29 is 9.53 Å². The lowest BCUT2D eigenvalue weighted by Gasteiger charge is -2.17. The van der Waals surface area contributed by atoms with Gasteiger partial charge in [-0.3, -0.25) is 4.79 Å². The minimum absolute atomic E-state index is 0.166. The summed E-state index contributed by atoms with van der Waals surface area (Å²) in [5.41, 5.74) is 3.30. The molecular formula is C25H31N3O2. The monoisotopic (exact) mass is 405 g/mol. The van der Waals surface area contributed by atoms with Crippen molar-refractivity contribution in [1.29, 1.82) is 0 Å². The molecule has 1 aromatic heterocycles. The third-order valence-electron chi connectivity index (χ3n) is 5.92. The van der Waals surface area contributed by atoms with Crippen molar-refractivity contribution >= 4 is 16.9 Å². The fourth-order valence-electron chi connectivity index (χ4n) is 4.27. The van der Waals surface area contributed by atoms with E-state index < -0.39 is 0 Å². The fourth-order valence-corrected chi connectivity index (χ4v) is 4.27. The molecule has 1 saturated heterocycles. The van der Waals surface area contributed by atoms with Gasteiger partial charge in [0, 0.05) is 32.0 Å². The summed E-state index contributed by atoms with van der Waals surface area (Å²) in [5, 5.41) is 0. The molecule has 0 radical (unpaired) electrons. The molecule has 0 spiro atoms. The quantitative estimate of drug-likeness (QED) is 0.474. The van der Waals surface area contributed by atoms with Crippen molar-refractivity contribution in [1.82, 2.24) is 14.5 Å². The topological polar surface area (TPSA) is 47.4 Å². The van der Waals surface area contributed by atoms with Crippen molar-refractivity contribution in [2.24, 2.45) is 0 Å². The molecule has 1 atom stereocenters. The lowest BCUT2D eigenvalue weighted by atomic mass is 10.1. The van der Waals surface area contributed by atoms with E-state index in [-0.39, 0.29) is 11.8 Å². The molecule has 30 heavy (non-hydrogen) atoms. The number of ether oxygens (including phenoxy) is 1. The molecule has 2 aromatic carbocycles. The Labute approximate surface area is 178 Å². The first-order valence-corrected chi connectivity index (χ1v) is 11.1. The number of aryl methyl sites for hydroxylation is 2. The van der Waals surface area contributed by atoms with Gasteiger partial charge in [0.15, 0.2) is 0 Å². The number of nitrogens with zero attached hydrogens (tertiary/aromatic N) is 3. The van der Waals surface area contributed by atoms with Crippen LogP contribution in [0.5, 0.6) is 5.75 Å². The lowest BCUT2D eigenvalue weighted by molar-refractivity contribution is -0.127. The van der Waals surface area contributed by atoms with Crippen LogP contribution in [-0.4, -0.2) is 40.1 Å². The Bertz CT molecular complexity index is 1010. The van der Waals surface area contributed by atoms with E-state index >= 15 is 0 Å². The number of benzene rings is 2. The second-order valence-electron chi connectivity index (χ2n) is 8.17. The van der Waals surface area contributed by atoms with Gasteiger partial charge >= 0.3 is 0 Å². The van der Waals surface area contributed by atoms with Crippen LogP contribution in [0.4, 0.5) is 0 Å². The largest absolute Gasteiger partial charge is 0.493 e. The van der Waals surface area contributed by atoms with Crippen LogP contribution in [0.1, 0.15) is 49.9 Å². The molecule has 1 amide bonds. The van der Waals surface area contributed by atoms with Gasteiger partial charge in [-0.15, -0.1) is 0 Å². The summed E-state index contributed by atoms with van der Waals surface area (Å²) in [6.07, 6.45) is 3.62. The summed E-state index contributed by atoms with van der Waals surface area (Å²) < 4.78 is 8.30. The highest BCUT2D eigenvalue weighted by atomic mass is 16.5. The third kappa shape index (κ3) is 4.35. The fraction of sp³-hybridized carbons (Fsp3) is 0.440. The maximum atomic E-state index is 12.5. The zero-order valence-corrected chi connectivity index (χ0v) is 18.0. The van der Waals surface area contributed by atoms with Crippen LogP contribution in [0.15, 0.2) is 48.5 Å². The number of fused-ring (bicyclic) bond motifs is 1. The van der Waals surface area contributed by atoms with Crippen molar-refractivity contribution in [3.63, 3.8) is 0 Å². The van der Waals surface area contributed by atoms with E-state index in [1.807, 2.05) is 29.2 Å². The van der Waals surface area contributed by atoms with Crippen LogP contribution in [0.25, 0.3) is 11.0 Å². The first kappa shape index (κ1) is 20.5. The van der Waals surface area contributed by atoms with E-state index in [2.05, 4.69) is 42.7 Å². The highest BCUT2D eigenvalue weighted by molar-refractivity contribution is 5.80. The Kier molecular flexibility index (Phi) is 6.36. The number of carbonyl (C=O) groups excluding carboxylic acids is 1. The molecule has 5 heteroatoms. The van der Waals surface area contributed by atoms with Gasteiger partial charge < -0.3 is 14.2 Å². The molecule has 3 aromatic rings. The molecule has 1 fully saturated rings. The average Bonchev–Trinajstić information content (AvgIpc) is 3.31. The molecule has 0 saturated carbocycles. The number of unbranched alkanes of at least 4 members (excludes halogenated alkanes) is 1. The summed E-state index contributed by atoms with van der Waals surface area (Å²) in [5.74, 6) is 2.41. The third-order valence-corrected chi connectivity index (χ3v) is 5.92. The average molecular weight is 406 g/mol. The standard InChI is InChI=1S/C25H31N3O2/c1-3-4-14-27-18-20(17-24(27)29)25-26-21-11-6-7-12-22(21)28(25)15-9-16-30-23-13-8-5-10-19(23)2/h5-8,10-13,20H,3-4,9,14-18H2,1-2H3. The Balaban J connectivity index is 1.48. The summed E-state index contributed by atoms with van der Waals surface area (Å²) in [4.78, 5) is 19.5. The minimum Gasteiger partial charge on any atom is -0.493 e. The molecule has 2 heterocycles. The zero-order chi connectivity index (χ0) is 20.9. The number of likely N-dealkylation sites (tertiary alicyclic amines) is 1. The number of amides is 1. The van der Waals surface area contributed by atoms with Gasteiger partial charge in [-0.2, -0.15) is 0 Å². The minimum atomic E-state index is 0.166. The maximum absolute atomic E-state index is 12.5. The number of rotatable bonds is 9. The zero-order valence-electron chi connectivity index (χ0n) is 18.0. The summed E-state index contributed by atoms with van der Waals surface area (Å²) in [6, 6.07) is 16.4. The number of para-hydroxylation sites is 3. The Morgan fingerprint density at radius 3 is 2.70 bits per heavy atom. The van der Waals surface area contributed by atoms with Crippen molar-refractivity contribution in [2.45, 2.75) is 52.0 Å². The van der Waals surface area contributed by atoms with Crippen molar-refractivity contribution in [3.05, 3.63) is 59.9 Å². The summed E-state index contributed by atoms with van der Waals surface area (Å²) in [7, 11) is 0. The normalized spacial score (nSPS) is 16.5. The number of hydrogen-bond acceptors (Lipinski definition) is 3. The molecule has 5 nitrogen and oxygen atoms in total. The van der Waals surface area contributed by atoms with Crippen LogP contribution in [0.3, 0.4) is 0 Å². The summed E-state index contributed by atoms with van der Waals surface area (Å²) in [6.45, 7) is 7.36. The van der Waals surface area contributed by atoms with Gasteiger partial charge in [0.05, 0.1) is 17.6 Å². The van der Waals surface area contributed by atoms with E-state index in [4.69, 9.17) is 9.72 Å². The number of aromatic nitrogens is 2.